The summed E-state index contributed by atoms with van der Waals surface area (Å²) >= 11 is 0. The third-order valence-electron chi connectivity index (χ3n) is 15.7. The Bertz CT molecular complexity index is 3200. The molecule has 2 atom stereocenters. The van der Waals surface area contributed by atoms with Gasteiger partial charge >= 0.3 is 0 Å². The number of phenols is 8. The minimum absolute atomic E-state index is 0.131. The van der Waals surface area contributed by atoms with Gasteiger partial charge in [-0.05, 0) is 30.7 Å². The average Bonchev–Trinajstić information content (AvgIpc) is 1.12. The van der Waals surface area contributed by atoms with E-state index in [0.717, 1.165) is 19.1 Å². The van der Waals surface area contributed by atoms with Gasteiger partial charge < -0.3 is 151 Å². The number of likely N-dealkylation sites (tertiary alicyclic amines) is 2. The van der Waals surface area contributed by atoms with E-state index in [0.29, 0.717) is 7.11 Å². The van der Waals surface area contributed by atoms with Gasteiger partial charge in [0.25, 0.3) is 29.3 Å². The number of aromatic hydroxyl groups is 8. The lowest BCUT2D eigenvalue weighted by Crippen LogP contribution is -2.93. The number of hydrogen-bond acceptors (Lipinski definition) is 34. The molecule has 0 amide bonds. The van der Waals surface area contributed by atoms with Crippen molar-refractivity contribution in [1.29, 1.82) is 0 Å². The van der Waals surface area contributed by atoms with E-state index in [2.05, 4.69) is 0 Å². The molecule has 4 aromatic rings. The molecule has 8 rings (SSSR count). The summed E-state index contributed by atoms with van der Waals surface area (Å²) in [6, 6.07) is 6.41. The van der Waals surface area contributed by atoms with Crippen molar-refractivity contribution in [3.05, 3.63) is 63.7 Å². The molecule has 2 unspecified atom stereocenters. The first-order chi connectivity index (χ1) is 37.6. The number of phenolic OH excluding ortho intramolecular Hbond substituents is 8. The summed E-state index contributed by atoms with van der Waals surface area (Å²) in [7, 11) is 2.73. The number of nitrogens with zero attached hydrogens (tertiary/aromatic N) is 2. The summed E-state index contributed by atoms with van der Waals surface area (Å²) in [4.78, 5) is 27.9. The number of aliphatic hydroxyl groups is 17. The van der Waals surface area contributed by atoms with Crippen molar-refractivity contribution in [3.8, 4) is 74.7 Å². The molecule has 0 radical (unpaired) electrons. The zero-order valence-electron chi connectivity index (χ0n) is 42.6. The Labute approximate surface area is 457 Å². The number of benzene rings is 4. The monoisotopic (exact) mass is 1170 g/mol. The fourth-order valence-electron chi connectivity index (χ4n) is 11.1. The highest BCUT2D eigenvalue weighted by Crippen LogP contribution is 2.64. The van der Waals surface area contributed by atoms with Gasteiger partial charge in [0.1, 0.15) is 5.56 Å². The van der Waals surface area contributed by atoms with Crippen molar-refractivity contribution in [2.45, 2.75) is 89.9 Å². The van der Waals surface area contributed by atoms with Gasteiger partial charge in [-0.2, -0.15) is 4.90 Å². The molecule has 0 bridgehead atoms. The van der Waals surface area contributed by atoms with Crippen molar-refractivity contribution in [3.63, 3.8) is 0 Å². The number of methoxy groups -OCH3 is 3. The quantitative estimate of drug-likeness (QED) is 0.0299. The number of piperidine rings is 2. The smallest absolute Gasteiger partial charge is 0.289 e. The Hall–Kier alpha value is -7.14. The number of rotatable bonds is 15. The van der Waals surface area contributed by atoms with Crippen LogP contribution in [0.3, 0.4) is 0 Å². The molecular formula is C48H56N2O32. The van der Waals surface area contributed by atoms with Crippen LogP contribution in [0.2, 0.25) is 0 Å². The highest BCUT2D eigenvalue weighted by Gasteiger charge is 2.87. The Kier molecular flexibility index (Phi) is 14.3. The zero-order chi connectivity index (χ0) is 61.6. The van der Waals surface area contributed by atoms with Crippen LogP contribution >= 0.6 is 0 Å². The number of carbonyl (C=O) groups is 2. The minimum Gasteiger partial charge on any atom is -0.504 e. The van der Waals surface area contributed by atoms with Gasteiger partial charge in [0, 0.05) is 26.1 Å². The van der Waals surface area contributed by atoms with Crippen LogP contribution in [0.5, 0.6) is 74.7 Å². The molecule has 25 N–H and O–H groups in total. The predicted molar refractivity (Wildman–Crippen MR) is 254 cm³/mol. The van der Waals surface area contributed by atoms with E-state index >= 15 is 0 Å². The fourth-order valence-corrected chi connectivity index (χ4v) is 11.1. The van der Waals surface area contributed by atoms with E-state index in [1.165, 1.54) is 30.3 Å². The van der Waals surface area contributed by atoms with Crippen LogP contribution in [-0.2, 0) is 24.0 Å². The maximum Gasteiger partial charge on any atom is 0.289 e. The number of ketones is 2. The SMILES string of the molecule is COc1c(O)c2c(c(O)c1OC)C(O)(O)C(O)(CC1CCN(C(O)(O)c3c(O)c(O)c(OCOc4c(O)c5c(c(O)c4OC)C(O)(O)C(O)(CC4(O)C(O)(O)C(O)(O)N(Cc6ccccc6)C(O)(O)C4(O)O)C5=O)c(O)c3O)CC1)C2=O. The Morgan fingerprint density at radius 1 is 0.524 bits per heavy atom. The molecule has 0 saturated carbocycles. The molecule has 450 valence electrons. The lowest BCUT2D eigenvalue weighted by Gasteiger charge is -2.63. The molecule has 0 aromatic heterocycles. The van der Waals surface area contributed by atoms with Crippen LogP contribution in [-0.4, -0.2) is 230 Å². The summed E-state index contributed by atoms with van der Waals surface area (Å²) in [6.45, 7) is -3.78. The summed E-state index contributed by atoms with van der Waals surface area (Å²) < 4.78 is 25.3. The van der Waals surface area contributed by atoms with E-state index in [4.69, 9.17) is 23.7 Å². The molecule has 2 saturated heterocycles. The second-order valence-corrected chi connectivity index (χ2v) is 20.0. The summed E-state index contributed by atoms with van der Waals surface area (Å²) in [5, 5.41) is 280. The summed E-state index contributed by atoms with van der Waals surface area (Å²) in [5.41, 5.74) is -19.5. The second-order valence-electron chi connectivity index (χ2n) is 20.0. The first kappa shape index (κ1) is 60.9. The first-order valence-corrected chi connectivity index (χ1v) is 23.7. The van der Waals surface area contributed by atoms with Gasteiger partial charge in [0.2, 0.25) is 70.2 Å². The van der Waals surface area contributed by atoms with Crippen molar-refractivity contribution >= 4 is 11.6 Å². The number of fused-ring (bicyclic) bond motifs is 2. The minimum atomic E-state index is -5.03. The topological polar surface area (TPSA) is 593 Å². The molecule has 82 heavy (non-hydrogen) atoms. The normalized spacial score (nSPS) is 24.2. The van der Waals surface area contributed by atoms with E-state index in [-0.39, 0.29) is 18.4 Å². The molecule has 2 aliphatic carbocycles. The van der Waals surface area contributed by atoms with Crippen molar-refractivity contribution in [2.24, 2.45) is 5.92 Å². The van der Waals surface area contributed by atoms with E-state index in [1.54, 1.807) is 0 Å². The predicted octanol–water partition coefficient (Wildman–Crippen LogP) is -6.93. The Morgan fingerprint density at radius 2 is 0.927 bits per heavy atom. The molecular weight excluding hydrogens is 1120 g/mol. The zero-order valence-corrected chi connectivity index (χ0v) is 42.6. The number of ether oxygens (including phenoxy) is 5. The summed E-state index contributed by atoms with van der Waals surface area (Å²) in [6.07, 6.45) is -4.06. The largest absolute Gasteiger partial charge is 0.504 e. The Balaban J connectivity index is 1.02. The van der Waals surface area contributed by atoms with Gasteiger partial charge in [-0.25, -0.2) is 4.90 Å². The summed E-state index contributed by atoms with van der Waals surface area (Å²) in [5.74, 6) is -52.9. The maximum atomic E-state index is 14.1. The highest BCUT2D eigenvalue weighted by molar-refractivity contribution is 6.13. The van der Waals surface area contributed by atoms with E-state index in [9.17, 15) is 137 Å². The fraction of sp³-hybridized carbons (Fsp3) is 0.458. The van der Waals surface area contributed by atoms with Crippen LogP contribution < -0.4 is 23.7 Å². The van der Waals surface area contributed by atoms with Crippen LogP contribution in [0.15, 0.2) is 30.3 Å². The molecule has 0 spiro atoms. The average molecular weight is 1170 g/mol. The molecule has 4 aromatic carbocycles. The molecule has 2 fully saturated rings. The van der Waals surface area contributed by atoms with Crippen LogP contribution in [0.1, 0.15) is 68.7 Å². The molecule has 4 aliphatic rings. The lowest BCUT2D eigenvalue weighted by molar-refractivity contribution is -0.599. The molecule has 34 nitrogen and oxygen atoms in total. The van der Waals surface area contributed by atoms with Crippen molar-refractivity contribution in [1.82, 2.24) is 9.80 Å². The van der Waals surface area contributed by atoms with Gasteiger partial charge in [-0.3, -0.25) is 9.59 Å². The lowest BCUT2D eigenvalue weighted by atomic mass is 9.67. The van der Waals surface area contributed by atoms with E-state index in [1.807, 2.05) is 0 Å². The number of Topliss-reactive ketones (excluding diaryl/α,β-unsaturated/α-hetero) is 2. The molecule has 2 heterocycles. The van der Waals surface area contributed by atoms with Crippen LogP contribution in [0, 0.1) is 5.92 Å². The van der Waals surface area contributed by atoms with Crippen molar-refractivity contribution < 1.29 is 161 Å². The van der Waals surface area contributed by atoms with Gasteiger partial charge in [0.15, 0.2) is 51.3 Å². The molecule has 2 aliphatic heterocycles. The van der Waals surface area contributed by atoms with Gasteiger partial charge in [0.05, 0.1) is 43.6 Å². The van der Waals surface area contributed by atoms with Crippen molar-refractivity contribution in [2.75, 3.05) is 41.2 Å². The van der Waals surface area contributed by atoms with Crippen LogP contribution in [0.25, 0.3) is 0 Å². The third-order valence-corrected chi connectivity index (χ3v) is 15.7. The third kappa shape index (κ3) is 7.78. The standard InChI is InChI=1S/C48H56N2O32/c1-78-33-24(51)19-21(28(55)34(33)79-2)42(64,65)39(61,37(19)59)13-17-9-11-49(12-10-17)44(68,69)23-26(53)30(57)32(31(58)27(23)54)81-16-82-36-25(52)20-22(29(56)35(36)80-3)43(66,67)40(62,38(20)60)15-41(63)45(70,71)47(74,75)50(48(76,77)46(41,72)73)14-18-7-5-4-6-8-18/h4-8,17,51-58,61-77H,9-16H2,1-3H3. The van der Waals surface area contributed by atoms with Gasteiger partial charge in [-0.1, -0.05) is 30.3 Å². The number of hydrogen-bond donors (Lipinski definition) is 25. The Morgan fingerprint density at radius 3 is 1.39 bits per heavy atom. The second kappa shape index (κ2) is 19.2. The molecule has 34 heteroatoms. The highest BCUT2D eigenvalue weighted by atomic mass is 16.7. The first-order valence-electron chi connectivity index (χ1n) is 23.7. The van der Waals surface area contributed by atoms with Crippen LogP contribution in [0.4, 0.5) is 0 Å². The maximum absolute atomic E-state index is 14.1. The van der Waals surface area contributed by atoms with Gasteiger partial charge in [-0.15, -0.1) is 0 Å². The number of carbonyl (C=O) groups excluding carboxylic acids is 2. The van der Waals surface area contributed by atoms with E-state index < -0.39 is 222 Å².